The number of alkyl halides is 3. The first-order valence-corrected chi connectivity index (χ1v) is 7.83. The smallest absolute Gasteiger partial charge is 0.422 e. The molecule has 0 spiro atoms. The summed E-state index contributed by atoms with van der Waals surface area (Å²) in [6.45, 7) is 0.464. The van der Waals surface area contributed by atoms with Crippen LogP contribution < -0.4 is 10.5 Å². The number of carbonyl (C=O) groups excluding carboxylic acids is 1. The number of halogens is 3. The number of likely N-dealkylation sites (tertiary alicyclic amines) is 1. The first-order valence-electron chi connectivity index (χ1n) is 7.83. The van der Waals surface area contributed by atoms with Gasteiger partial charge in [0.1, 0.15) is 0 Å². The summed E-state index contributed by atoms with van der Waals surface area (Å²) in [6.07, 6.45) is -1.57. The molecule has 2 heterocycles. The molecule has 1 aromatic rings. The van der Waals surface area contributed by atoms with Crippen molar-refractivity contribution in [3.8, 4) is 5.88 Å². The number of ether oxygens (including phenoxy) is 1. The van der Waals surface area contributed by atoms with Crippen LogP contribution in [0, 0.1) is 11.3 Å². The van der Waals surface area contributed by atoms with Gasteiger partial charge in [0.25, 0.3) is 0 Å². The Morgan fingerprint density at radius 3 is 2.79 bits per heavy atom. The first-order chi connectivity index (χ1) is 11.3. The lowest BCUT2D eigenvalue weighted by molar-refractivity contribution is -0.154. The number of aromatic nitrogens is 2. The van der Waals surface area contributed by atoms with Crippen LogP contribution in [-0.4, -0.2) is 46.9 Å². The van der Waals surface area contributed by atoms with Crippen molar-refractivity contribution in [2.45, 2.75) is 32.0 Å². The van der Waals surface area contributed by atoms with E-state index in [4.69, 9.17) is 5.73 Å². The number of nitrogens with zero attached hydrogens (tertiary/aromatic N) is 3. The topological polar surface area (TPSA) is 81.3 Å². The van der Waals surface area contributed by atoms with Gasteiger partial charge in [-0.05, 0) is 24.8 Å². The van der Waals surface area contributed by atoms with Crippen molar-refractivity contribution in [1.29, 1.82) is 0 Å². The Labute approximate surface area is 137 Å². The standard InChI is InChI=1S/C15H19F3N4O2/c16-15(17,18)9-24-12-4-3-11(20-21-12)7-22-6-10-2-1-5-14(10,8-22)13(19)23/h3-4,10H,1-2,5-9H2,(H2,19,23)/t10-,14-/m0/s1. The fourth-order valence-corrected chi connectivity index (χ4v) is 3.81. The number of hydrogen-bond donors (Lipinski definition) is 1. The molecular weight excluding hydrogens is 325 g/mol. The van der Waals surface area contributed by atoms with Crippen LogP contribution in [0.25, 0.3) is 0 Å². The zero-order valence-electron chi connectivity index (χ0n) is 13.1. The Bertz CT molecular complexity index is 608. The second-order valence-corrected chi connectivity index (χ2v) is 6.55. The van der Waals surface area contributed by atoms with Gasteiger partial charge in [0.15, 0.2) is 6.61 Å². The van der Waals surface area contributed by atoms with Crippen LogP contribution in [0.15, 0.2) is 12.1 Å². The van der Waals surface area contributed by atoms with Crippen LogP contribution in [0.2, 0.25) is 0 Å². The third kappa shape index (κ3) is 3.45. The summed E-state index contributed by atoms with van der Waals surface area (Å²) >= 11 is 0. The van der Waals surface area contributed by atoms with Crippen molar-refractivity contribution in [1.82, 2.24) is 15.1 Å². The summed E-state index contributed by atoms with van der Waals surface area (Å²) in [5.74, 6) is -0.130. The van der Waals surface area contributed by atoms with Gasteiger partial charge >= 0.3 is 6.18 Å². The van der Waals surface area contributed by atoms with E-state index in [-0.39, 0.29) is 17.7 Å². The highest BCUT2D eigenvalue weighted by Gasteiger charge is 2.53. The van der Waals surface area contributed by atoms with Crippen molar-refractivity contribution >= 4 is 5.91 Å². The molecule has 1 aromatic heterocycles. The highest BCUT2D eigenvalue weighted by Crippen LogP contribution is 2.48. The van der Waals surface area contributed by atoms with Gasteiger partial charge in [0.2, 0.25) is 11.8 Å². The van der Waals surface area contributed by atoms with E-state index < -0.39 is 18.2 Å². The first kappa shape index (κ1) is 16.9. The van der Waals surface area contributed by atoms with E-state index in [1.807, 2.05) is 0 Å². The molecule has 1 saturated carbocycles. The molecule has 2 aliphatic rings. The second-order valence-electron chi connectivity index (χ2n) is 6.55. The maximum atomic E-state index is 12.1. The second kappa shape index (κ2) is 6.19. The summed E-state index contributed by atoms with van der Waals surface area (Å²) < 4.78 is 40.8. The van der Waals surface area contributed by atoms with Gasteiger partial charge in [-0.3, -0.25) is 9.69 Å². The van der Waals surface area contributed by atoms with Crippen molar-refractivity contribution in [3.05, 3.63) is 17.8 Å². The van der Waals surface area contributed by atoms with E-state index >= 15 is 0 Å². The highest BCUT2D eigenvalue weighted by atomic mass is 19.4. The van der Waals surface area contributed by atoms with Crippen molar-refractivity contribution < 1.29 is 22.7 Å². The molecule has 0 unspecified atom stereocenters. The van der Waals surface area contributed by atoms with Gasteiger partial charge < -0.3 is 10.5 Å². The van der Waals surface area contributed by atoms with E-state index in [9.17, 15) is 18.0 Å². The fourth-order valence-electron chi connectivity index (χ4n) is 3.81. The van der Waals surface area contributed by atoms with E-state index in [1.165, 1.54) is 6.07 Å². The monoisotopic (exact) mass is 344 g/mol. The minimum Gasteiger partial charge on any atom is -0.467 e. The van der Waals surface area contributed by atoms with E-state index in [1.54, 1.807) is 6.07 Å². The Morgan fingerprint density at radius 2 is 2.21 bits per heavy atom. The molecule has 3 rings (SSSR count). The zero-order valence-corrected chi connectivity index (χ0v) is 13.1. The number of hydrogen-bond acceptors (Lipinski definition) is 5. The lowest BCUT2D eigenvalue weighted by atomic mass is 9.80. The third-order valence-electron chi connectivity index (χ3n) is 4.90. The molecule has 0 aromatic carbocycles. The summed E-state index contributed by atoms with van der Waals surface area (Å²) in [5, 5.41) is 7.56. The Hall–Kier alpha value is -1.90. The van der Waals surface area contributed by atoms with Crippen LogP contribution in [0.5, 0.6) is 5.88 Å². The molecule has 1 amide bonds. The maximum absolute atomic E-state index is 12.1. The molecule has 1 saturated heterocycles. The maximum Gasteiger partial charge on any atom is 0.422 e. The minimum atomic E-state index is -4.41. The number of primary amides is 1. The Balaban J connectivity index is 1.58. The van der Waals surface area contributed by atoms with Gasteiger partial charge in [0.05, 0.1) is 11.1 Å². The number of nitrogens with two attached hydrogens (primary N) is 1. The normalized spacial score (nSPS) is 27.2. The van der Waals surface area contributed by atoms with Gasteiger partial charge in [-0.15, -0.1) is 5.10 Å². The van der Waals surface area contributed by atoms with Crippen LogP contribution in [0.1, 0.15) is 25.0 Å². The summed E-state index contributed by atoms with van der Waals surface area (Å²) in [6, 6.07) is 2.96. The number of carbonyl (C=O) groups is 1. The molecule has 0 radical (unpaired) electrons. The molecule has 6 nitrogen and oxygen atoms in total. The minimum absolute atomic E-state index is 0.164. The molecular formula is C15H19F3N4O2. The Kier molecular flexibility index (Phi) is 4.37. The highest BCUT2D eigenvalue weighted by molar-refractivity contribution is 5.82. The average Bonchev–Trinajstić information content (AvgIpc) is 3.03. The lowest BCUT2D eigenvalue weighted by Crippen LogP contribution is -2.40. The molecule has 1 aliphatic heterocycles. The lowest BCUT2D eigenvalue weighted by Gasteiger charge is -2.24. The molecule has 2 atom stereocenters. The van der Waals surface area contributed by atoms with Gasteiger partial charge in [-0.25, -0.2) is 0 Å². The van der Waals surface area contributed by atoms with Gasteiger partial charge in [0, 0.05) is 25.7 Å². The quantitative estimate of drug-likeness (QED) is 0.876. The number of rotatable bonds is 5. The van der Waals surface area contributed by atoms with Crippen LogP contribution in [0.4, 0.5) is 13.2 Å². The molecule has 24 heavy (non-hydrogen) atoms. The summed E-state index contributed by atoms with van der Waals surface area (Å²) in [5.41, 5.74) is 5.79. The third-order valence-corrected chi connectivity index (χ3v) is 4.90. The van der Waals surface area contributed by atoms with Crippen molar-refractivity contribution in [2.24, 2.45) is 17.1 Å². The number of amides is 1. The van der Waals surface area contributed by atoms with Gasteiger partial charge in [-0.1, -0.05) is 6.42 Å². The van der Waals surface area contributed by atoms with Crippen LogP contribution in [0.3, 0.4) is 0 Å². The fraction of sp³-hybridized carbons (Fsp3) is 0.667. The molecule has 132 valence electrons. The molecule has 2 N–H and O–H groups in total. The van der Waals surface area contributed by atoms with Crippen molar-refractivity contribution in [2.75, 3.05) is 19.7 Å². The molecule has 0 bridgehead atoms. The predicted octanol–water partition coefficient (Wildman–Crippen LogP) is 1.51. The SMILES string of the molecule is NC(=O)[C@]12CCC[C@H]1CN(Cc1ccc(OCC(F)(F)F)nn1)C2. The van der Waals surface area contributed by atoms with E-state index in [2.05, 4.69) is 19.8 Å². The molecule has 2 fully saturated rings. The predicted molar refractivity (Wildman–Crippen MR) is 77.8 cm³/mol. The van der Waals surface area contributed by atoms with E-state index in [0.717, 1.165) is 25.8 Å². The Morgan fingerprint density at radius 1 is 1.42 bits per heavy atom. The van der Waals surface area contributed by atoms with Crippen molar-refractivity contribution in [3.63, 3.8) is 0 Å². The largest absolute Gasteiger partial charge is 0.467 e. The summed E-state index contributed by atoms with van der Waals surface area (Å²) in [7, 11) is 0. The zero-order chi connectivity index (χ0) is 17.4. The van der Waals surface area contributed by atoms with Gasteiger partial charge in [-0.2, -0.15) is 18.3 Å². The summed E-state index contributed by atoms with van der Waals surface area (Å²) in [4.78, 5) is 14.0. The number of fused-ring (bicyclic) bond motifs is 1. The molecule has 1 aliphatic carbocycles. The van der Waals surface area contributed by atoms with Crippen LogP contribution >= 0.6 is 0 Å². The molecule has 9 heteroatoms. The van der Waals surface area contributed by atoms with Crippen LogP contribution in [-0.2, 0) is 11.3 Å². The van der Waals surface area contributed by atoms with E-state index in [0.29, 0.717) is 18.8 Å². The average molecular weight is 344 g/mol.